The minimum Gasteiger partial charge on any atom is -0.506 e. The monoisotopic (exact) mass is 488 g/mol. The molecule has 0 aliphatic carbocycles. The van der Waals surface area contributed by atoms with E-state index in [1.165, 1.54) is 29.0 Å². The molecule has 1 aliphatic rings. The van der Waals surface area contributed by atoms with Gasteiger partial charge in [0.15, 0.2) is 0 Å². The Hall–Kier alpha value is -3.46. The first-order chi connectivity index (χ1) is 16.2. The molecule has 0 fully saturated rings. The molecule has 0 radical (unpaired) electrons. The predicted molar refractivity (Wildman–Crippen MR) is 130 cm³/mol. The molecule has 3 N–H and O–H groups in total. The zero-order chi connectivity index (χ0) is 24.8. The molecule has 182 valence electrons. The van der Waals surface area contributed by atoms with Crippen LogP contribution >= 0.6 is 11.6 Å². The summed E-state index contributed by atoms with van der Waals surface area (Å²) in [5.41, 5.74) is 1.51. The molecule has 2 aromatic carbocycles. The molecular formula is C24H29ClN4O5. The van der Waals surface area contributed by atoms with Crippen LogP contribution in [0.2, 0.25) is 5.02 Å². The van der Waals surface area contributed by atoms with Gasteiger partial charge in [-0.3, -0.25) is 14.5 Å². The number of phenolic OH excluding ortho intramolecular Hbond substituents is 1. The summed E-state index contributed by atoms with van der Waals surface area (Å²) >= 11 is 6.09. The van der Waals surface area contributed by atoms with E-state index in [0.29, 0.717) is 18.2 Å². The lowest BCUT2D eigenvalue weighted by Crippen LogP contribution is -2.52. The number of phenols is 1. The number of methoxy groups -OCH3 is 1. The summed E-state index contributed by atoms with van der Waals surface area (Å²) < 4.78 is 5.04. The van der Waals surface area contributed by atoms with E-state index in [1.807, 2.05) is 12.1 Å². The third-order valence-corrected chi connectivity index (χ3v) is 5.66. The third kappa shape index (κ3) is 6.11. The molecule has 0 aromatic heterocycles. The van der Waals surface area contributed by atoms with Crippen LogP contribution in [-0.2, 0) is 16.1 Å². The average Bonchev–Trinajstić information content (AvgIpc) is 2.78. The highest BCUT2D eigenvalue weighted by Gasteiger charge is 2.32. The number of anilines is 2. The second kappa shape index (κ2) is 11.1. The van der Waals surface area contributed by atoms with Crippen molar-refractivity contribution >= 4 is 40.8 Å². The first-order valence-electron chi connectivity index (χ1n) is 11.0. The summed E-state index contributed by atoms with van der Waals surface area (Å²) in [6.45, 7) is 4.51. The van der Waals surface area contributed by atoms with Crippen LogP contribution in [-0.4, -0.2) is 54.6 Å². The molecular weight excluding hydrogens is 460 g/mol. The van der Waals surface area contributed by atoms with Gasteiger partial charge in [0, 0.05) is 12.6 Å². The van der Waals surface area contributed by atoms with E-state index in [0.717, 1.165) is 12.0 Å². The first-order valence-corrected chi connectivity index (χ1v) is 11.3. The molecule has 2 aromatic rings. The van der Waals surface area contributed by atoms with E-state index in [4.69, 9.17) is 16.3 Å². The van der Waals surface area contributed by atoms with Gasteiger partial charge in [0.05, 0.1) is 30.1 Å². The van der Waals surface area contributed by atoms with Gasteiger partial charge in [-0.1, -0.05) is 43.6 Å². The quantitative estimate of drug-likeness (QED) is 0.467. The van der Waals surface area contributed by atoms with Gasteiger partial charge in [-0.15, -0.1) is 0 Å². The number of carbonyl (C=O) groups excluding carboxylic acids is 3. The summed E-state index contributed by atoms with van der Waals surface area (Å²) in [5, 5.41) is 15.8. The minimum atomic E-state index is -0.539. The minimum absolute atomic E-state index is 0.0925. The zero-order valence-corrected chi connectivity index (χ0v) is 20.2. The van der Waals surface area contributed by atoms with Crippen molar-refractivity contribution in [2.75, 3.05) is 37.0 Å². The number of halogens is 1. The Balaban J connectivity index is 1.73. The predicted octanol–water partition coefficient (Wildman–Crippen LogP) is 3.60. The van der Waals surface area contributed by atoms with Crippen molar-refractivity contribution in [3.63, 3.8) is 0 Å². The van der Waals surface area contributed by atoms with Crippen LogP contribution in [0.25, 0.3) is 0 Å². The van der Waals surface area contributed by atoms with E-state index in [9.17, 15) is 19.5 Å². The van der Waals surface area contributed by atoms with Crippen LogP contribution in [0.15, 0.2) is 36.4 Å². The zero-order valence-electron chi connectivity index (χ0n) is 19.4. The number of fused-ring (bicyclic) bond motifs is 1. The van der Waals surface area contributed by atoms with Gasteiger partial charge < -0.3 is 25.4 Å². The summed E-state index contributed by atoms with van der Waals surface area (Å²) in [6, 6.07) is 9.43. The highest BCUT2D eigenvalue weighted by molar-refractivity contribution is 6.32. The Labute approximate surface area is 203 Å². The Morgan fingerprint density at radius 3 is 2.62 bits per heavy atom. The molecule has 3 rings (SSSR count). The molecule has 0 unspecified atom stereocenters. The van der Waals surface area contributed by atoms with E-state index in [-0.39, 0.29) is 47.8 Å². The number of carbonyl (C=O) groups is 3. The van der Waals surface area contributed by atoms with Gasteiger partial charge >= 0.3 is 6.03 Å². The number of nitrogens with zero attached hydrogens (tertiary/aromatic N) is 2. The van der Waals surface area contributed by atoms with Crippen molar-refractivity contribution in [2.24, 2.45) is 5.92 Å². The SMILES string of the molecule is COc1cc(O)c(NC(=O)CN2C(=O)N(CC(=O)NCCC(C)C)Cc3ccccc32)cc1Cl. The maximum Gasteiger partial charge on any atom is 0.325 e. The van der Waals surface area contributed by atoms with Crippen molar-refractivity contribution in [3.05, 3.63) is 47.0 Å². The molecule has 0 bridgehead atoms. The van der Waals surface area contributed by atoms with Gasteiger partial charge in [-0.2, -0.15) is 0 Å². The number of hydrogen-bond acceptors (Lipinski definition) is 5. The maximum atomic E-state index is 13.2. The standard InChI is InChI=1S/C24H29ClN4O5/c1-15(2)8-9-26-22(31)13-28-12-16-6-4-5-7-19(16)29(24(28)33)14-23(32)27-18-10-17(25)21(34-3)11-20(18)30/h4-7,10-11,15,30H,8-9,12-14H2,1-3H3,(H,26,31)(H,27,32). The largest absolute Gasteiger partial charge is 0.506 e. The van der Waals surface area contributed by atoms with Gasteiger partial charge in [0.2, 0.25) is 11.8 Å². The molecule has 0 atom stereocenters. The first kappa shape index (κ1) is 25.2. The number of hydrogen-bond donors (Lipinski definition) is 3. The van der Waals surface area contributed by atoms with Crippen molar-refractivity contribution < 1.29 is 24.2 Å². The Bertz CT molecular complexity index is 1080. The highest BCUT2D eigenvalue weighted by Crippen LogP contribution is 2.35. The number of amides is 4. The molecule has 1 heterocycles. The smallest absolute Gasteiger partial charge is 0.325 e. The molecule has 0 saturated heterocycles. The number of para-hydroxylation sites is 1. The van der Waals surface area contributed by atoms with E-state index in [1.54, 1.807) is 12.1 Å². The van der Waals surface area contributed by atoms with Crippen molar-refractivity contribution in [2.45, 2.75) is 26.8 Å². The fraction of sp³-hybridized carbons (Fsp3) is 0.375. The number of benzene rings is 2. The second-order valence-electron chi connectivity index (χ2n) is 8.44. The molecule has 0 saturated carbocycles. The normalized spacial score (nSPS) is 13.0. The molecule has 10 heteroatoms. The van der Waals surface area contributed by atoms with Gasteiger partial charge in [-0.05, 0) is 30.0 Å². The van der Waals surface area contributed by atoms with E-state index < -0.39 is 11.9 Å². The van der Waals surface area contributed by atoms with Gasteiger partial charge in [-0.25, -0.2) is 4.79 Å². The Kier molecular flexibility index (Phi) is 8.22. The molecule has 9 nitrogen and oxygen atoms in total. The lowest BCUT2D eigenvalue weighted by molar-refractivity contribution is -0.121. The number of nitrogens with one attached hydrogen (secondary N) is 2. The van der Waals surface area contributed by atoms with Crippen molar-refractivity contribution in [1.82, 2.24) is 10.2 Å². The number of urea groups is 1. The molecule has 4 amide bonds. The van der Waals surface area contributed by atoms with Crippen LogP contribution in [0.1, 0.15) is 25.8 Å². The number of aromatic hydroxyl groups is 1. The number of ether oxygens (including phenoxy) is 1. The average molecular weight is 489 g/mol. The Morgan fingerprint density at radius 1 is 1.18 bits per heavy atom. The summed E-state index contributed by atoms with van der Waals surface area (Å²) in [6.07, 6.45) is 0.844. The maximum absolute atomic E-state index is 13.2. The van der Waals surface area contributed by atoms with Crippen LogP contribution in [0.3, 0.4) is 0 Å². The van der Waals surface area contributed by atoms with Crippen LogP contribution in [0, 0.1) is 5.92 Å². The van der Waals surface area contributed by atoms with Crippen LogP contribution in [0.5, 0.6) is 11.5 Å². The lowest BCUT2D eigenvalue weighted by atomic mass is 10.1. The fourth-order valence-electron chi connectivity index (χ4n) is 3.59. The third-order valence-electron chi connectivity index (χ3n) is 5.37. The highest BCUT2D eigenvalue weighted by atomic mass is 35.5. The van der Waals surface area contributed by atoms with Crippen LogP contribution in [0.4, 0.5) is 16.2 Å². The fourth-order valence-corrected chi connectivity index (χ4v) is 3.83. The number of rotatable bonds is 9. The summed E-state index contributed by atoms with van der Waals surface area (Å²) in [5.74, 6) is -0.296. The second-order valence-corrected chi connectivity index (χ2v) is 8.85. The Morgan fingerprint density at radius 2 is 1.91 bits per heavy atom. The van der Waals surface area contributed by atoms with E-state index >= 15 is 0 Å². The summed E-state index contributed by atoms with van der Waals surface area (Å²) in [7, 11) is 1.41. The van der Waals surface area contributed by atoms with Gasteiger partial charge in [0.1, 0.15) is 24.6 Å². The topological polar surface area (TPSA) is 111 Å². The molecule has 34 heavy (non-hydrogen) atoms. The van der Waals surface area contributed by atoms with Crippen molar-refractivity contribution in [1.29, 1.82) is 0 Å². The summed E-state index contributed by atoms with van der Waals surface area (Å²) in [4.78, 5) is 41.1. The molecule has 1 aliphatic heterocycles. The van der Waals surface area contributed by atoms with Crippen LogP contribution < -0.4 is 20.3 Å². The van der Waals surface area contributed by atoms with Crippen molar-refractivity contribution in [3.8, 4) is 11.5 Å². The van der Waals surface area contributed by atoms with Gasteiger partial charge in [0.25, 0.3) is 0 Å². The lowest BCUT2D eigenvalue weighted by Gasteiger charge is -2.36. The molecule has 0 spiro atoms. The van der Waals surface area contributed by atoms with E-state index in [2.05, 4.69) is 24.5 Å².